The molecule has 0 bridgehead atoms. The number of alkyl halides is 3. The van der Waals surface area contributed by atoms with Crippen LogP contribution >= 0.6 is 0 Å². The maximum Gasteiger partial charge on any atom is 0.416 e. The summed E-state index contributed by atoms with van der Waals surface area (Å²) in [5, 5.41) is 13.5. The van der Waals surface area contributed by atoms with E-state index >= 15 is 0 Å². The van der Waals surface area contributed by atoms with Crippen LogP contribution in [0, 0.1) is 5.92 Å². The summed E-state index contributed by atoms with van der Waals surface area (Å²) in [6.07, 6.45) is -3.19. The van der Waals surface area contributed by atoms with E-state index in [1.165, 1.54) is 31.5 Å². The lowest BCUT2D eigenvalue weighted by atomic mass is 10.0. The number of nitrogens with zero attached hydrogens (tertiary/aromatic N) is 2. The zero-order valence-corrected chi connectivity index (χ0v) is 19.4. The van der Waals surface area contributed by atoms with Gasteiger partial charge >= 0.3 is 12.1 Å². The van der Waals surface area contributed by atoms with E-state index in [-0.39, 0.29) is 28.4 Å². The minimum Gasteiger partial charge on any atom is -0.495 e. The van der Waals surface area contributed by atoms with Crippen LogP contribution in [-0.2, 0) is 28.3 Å². The second-order valence-corrected chi connectivity index (χ2v) is 10.0. The first-order valence-corrected chi connectivity index (χ1v) is 11.8. The Balaban J connectivity index is 2.18. The zero-order chi connectivity index (χ0) is 25.3. The topological polar surface area (TPSA) is 98.5 Å². The number of hydrogen-bond donors (Lipinski definition) is 1. The predicted molar refractivity (Wildman–Crippen MR) is 118 cm³/mol. The molecule has 0 atom stereocenters. The van der Waals surface area contributed by atoms with Crippen molar-refractivity contribution in [3.8, 4) is 17.0 Å². The Morgan fingerprint density at radius 3 is 2.44 bits per heavy atom. The first-order chi connectivity index (χ1) is 15.8. The summed E-state index contributed by atoms with van der Waals surface area (Å²) in [6, 6.07) is 7.84. The molecule has 3 rings (SSSR count). The van der Waals surface area contributed by atoms with E-state index in [2.05, 4.69) is 5.10 Å². The van der Waals surface area contributed by atoms with Crippen molar-refractivity contribution >= 4 is 15.8 Å². The van der Waals surface area contributed by atoms with Gasteiger partial charge in [-0.05, 0) is 47.9 Å². The number of carboxylic acids is 1. The lowest BCUT2D eigenvalue weighted by molar-refractivity contribution is -0.137. The quantitative estimate of drug-likeness (QED) is 0.476. The molecule has 182 valence electrons. The number of hydrogen-bond acceptors (Lipinski definition) is 5. The second kappa shape index (κ2) is 9.49. The average Bonchev–Trinajstić information content (AvgIpc) is 3.19. The summed E-state index contributed by atoms with van der Waals surface area (Å²) < 4.78 is 73.7. The number of methoxy groups -OCH3 is 1. The monoisotopic (exact) mass is 496 g/mol. The van der Waals surface area contributed by atoms with Gasteiger partial charge in [0.25, 0.3) is 0 Å². The normalized spacial score (nSPS) is 12.2. The molecule has 2 aromatic carbocycles. The van der Waals surface area contributed by atoms with Crippen molar-refractivity contribution in [3.63, 3.8) is 0 Å². The minimum atomic E-state index is -4.68. The highest BCUT2D eigenvalue weighted by Gasteiger charge is 2.32. The van der Waals surface area contributed by atoms with Crippen LogP contribution in [0.25, 0.3) is 11.3 Å². The molecule has 0 amide bonds. The summed E-state index contributed by atoms with van der Waals surface area (Å²) in [6.45, 7) is 4.38. The molecule has 0 fully saturated rings. The number of carbonyl (C=O) groups is 1. The van der Waals surface area contributed by atoms with Gasteiger partial charge in [0.05, 0.1) is 29.7 Å². The summed E-state index contributed by atoms with van der Waals surface area (Å²) in [4.78, 5) is 10.9. The highest BCUT2D eigenvalue weighted by molar-refractivity contribution is 7.90. The molecule has 0 aliphatic rings. The Hall–Kier alpha value is -3.34. The SMILES string of the molecule is COc1ccc(C(=O)O)cc1S(=O)(=O)Cc1cc(C(F)(F)F)ccc1-c1ccnn1CC(C)C. The van der Waals surface area contributed by atoms with Crippen LogP contribution < -0.4 is 4.74 Å². The zero-order valence-electron chi connectivity index (χ0n) is 18.6. The smallest absolute Gasteiger partial charge is 0.416 e. The van der Waals surface area contributed by atoms with E-state index in [0.29, 0.717) is 12.2 Å². The van der Waals surface area contributed by atoms with E-state index in [9.17, 15) is 31.5 Å². The van der Waals surface area contributed by atoms with Crippen LogP contribution in [0.3, 0.4) is 0 Å². The minimum absolute atomic E-state index is 0.0943. The number of rotatable bonds is 8. The van der Waals surface area contributed by atoms with Crippen molar-refractivity contribution in [2.24, 2.45) is 5.92 Å². The van der Waals surface area contributed by atoms with Gasteiger partial charge in [0, 0.05) is 18.3 Å². The van der Waals surface area contributed by atoms with E-state index < -0.39 is 38.2 Å². The van der Waals surface area contributed by atoms with Gasteiger partial charge < -0.3 is 9.84 Å². The first-order valence-electron chi connectivity index (χ1n) is 10.2. The molecule has 0 saturated heterocycles. The van der Waals surface area contributed by atoms with Gasteiger partial charge in [-0.1, -0.05) is 19.9 Å². The molecule has 3 aromatic rings. The maximum absolute atomic E-state index is 13.5. The highest BCUT2D eigenvalue weighted by Crippen LogP contribution is 2.36. The van der Waals surface area contributed by atoms with E-state index in [1.54, 1.807) is 10.7 Å². The van der Waals surface area contributed by atoms with E-state index in [4.69, 9.17) is 4.74 Å². The van der Waals surface area contributed by atoms with Crippen molar-refractivity contribution in [2.75, 3.05) is 7.11 Å². The van der Waals surface area contributed by atoms with Gasteiger partial charge in [-0.15, -0.1) is 0 Å². The lowest BCUT2D eigenvalue weighted by Gasteiger charge is -2.17. The fourth-order valence-electron chi connectivity index (χ4n) is 3.53. The van der Waals surface area contributed by atoms with Gasteiger partial charge in [-0.3, -0.25) is 4.68 Å². The molecule has 0 aliphatic carbocycles. The fourth-order valence-corrected chi connectivity index (χ4v) is 5.10. The molecule has 34 heavy (non-hydrogen) atoms. The predicted octanol–water partition coefficient (Wildman–Crippen LogP) is 4.91. The van der Waals surface area contributed by atoms with Gasteiger partial charge in [-0.25, -0.2) is 13.2 Å². The highest BCUT2D eigenvalue weighted by atomic mass is 32.2. The largest absolute Gasteiger partial charge is 0.495 e. The summed E-state index contributed by atoms with van der Waals surface area (Å²) in [5.74, 6) is -2.08. The van der Waals surface area contributed by atoms with Gasteiger partial charge in [-0.2, -0.15) is 18.3 Å². The van der Waals surface area contributed by atoms with Crippen molar-refractivity contribution in [1.82, 2.24) is 9.78 Å². The number of aromatic carboxylic acids is 1. The van der Waals surface area contributed by atoms with Crippen LogP contribution in [0.15, 0.2) is 53.6 Å². The molecular formula is C23H23F3N2O5S. The first kappa shape index (κ1) is 25.3. The summed E-state index contributed by atoms with van der Waals surface area (Å²) in [5.41, 5.74) is -0.633. The lowest BCUT2D eigenvalue weighted by Crippen LogP contribution is -2.13. The number of aromatic nitrogens is 2. The molecule has 1 aromatic heterocycles. The fraction of sp³-hybridized carbons (Fsp3) is 0.304. The summed E-state index contributed by atoms with van der Waals surface area (Å²) in [7, 11) is -3.09. The van der Waals surface area contributed by atoms with Gasteiger partial charge in [0.1, 0.15) is 10.6 Å². The molecule has 0 saturated carbocycles. The maximum atomic E-state index is 13.5. The Kier molecular flexibility index (Phi) is 7.06. The molecule has 0 radical (unpaired) electrons. The van der Waals surface area contributed by atoms with Gasteiger partial charge in [0.15, 0.2) is 9.84 Å². The molecule has 0 unspecified atom stereocenters. The number of benzene rings is 2. The second-order valence-electron chi connectivity index (χ2n) is 8.09. The van der Waals surface area contributed by atoms with Crippen molar-refractivity contribution < 1.29 is 36.2 Å². The van der Waals surface area contributed by atoms with Crippen molar-refractivity contribution in [1.29, 1.82) is 0 Å². The van der Waals surface area contributed by atoms with Crippen LogP contribution in [0.5, 0.6) is 5.75 Å². The van der Waals surface area contributed by atoms with Crippen molar-refractivity contribution in [2.45, 2.75) is 37.2 Å². The number of carboxylic acid groups (broad SMARTS) is 1. The van der Waals surface area contributed by atoms with Crippen LogP contribution in [0.2, 0.25) is 0 Å². The van der Waals surface area contributed by atoms with Crippen molar-refractivity contribution in [3.05, 3.63) is 65.4 Å². The number of halogens is 3. The molecule has 1 heterocycles. The molecule has 1 N–H and O–H groups in total. The Morgan fingerprint density at radius 1 is 1.15 bits per heavy atom. The van der Waals surface area contributed by atoms with Gasteiger partial charge in [0.2, 0.25) is 0 Å². The van der Waals surface area contributed by atoms with Crippen LogP contribution in [0.4, 0.5) is 13.2 Å². The average molecular weight is 497 g/mol. The number of ether oxygens (including phenoxy) is 1. The molecule has 0 aliphatic heterocycles. The number of sulfone groups is 1. The molecule has 0 spiro atoms. The van der Waals surface area contributed by atoms with Crippen LogP contribution in [-0.4, -0.2) is 36.4 Å². The summed E-state index contributed by atoms with van der Waals surface area (Å²) >= 11 is 0. The third-order valence-electron chi connectivity index (χ3n) is 5.05. The third kappa shape index (κ3) is 5.41. The molecule has 11 heteroatoms. The van der Waals surface area contributed by atoms with Crippen LogP contribution in [0.1, 0.15) is 35.3 Å². The standard InChI is InChI=1S/C23H23F3N2O5S/c1-14(2)12-28-19(8-9-27-28)18-6-5-17(23(24,25)26)10-16(18)13-34(31,32)21-11-15(22(29)30)4-7-20(21)33-3/h4-11,14H,12-13H2,1-3H3,(H,29,30). The molecule has 7 nitrogen and oxygen atoms in total. The Labute approximate surface area is 194 Å². The third-order valence-corrected chi connectivity index (χ3v) is 6.73. The van der Waals surface area contributed by atoms with E-state index in [1.807, 2.05) is 13.8 Å². The Morgan fingerprint density at radius 2 is 1.85 bits per heavy atom. The Bertz CT molecular complexity index is 1310. The molecular weight excluding hydrogens is 473 g/mol. The van der Waals surface area contributed by atoms with E-state index in [0.717, 1.165) is 18.2 Å².